The summed E-state index contributed by atoms with van der Waals surface area (Å²) < 4.78 is 5.35. The molecule has 0 bridgehead atoms. The SMILES string of the molecule is CCNc1cc(NCc2ncc(C)o2)ncn1. The van der Waals surface area contributed by atoms with Gasteiger partial charge in [-0.3, -0.25) is 0 Å². The zero-order valence-corrected chi connectivity index (χ0v) is 9.90. The third kappa shape index (κ3) is 3.17. The molecule has 0 fully saturated rings. The van der Waals surface area contributed by atoms with Gasteiger partial charge in [0.2, 0.25) is 5.89 Å². The van der Waals surface area contributed by atoms with Gasteiger partial charge in [0.05, 0.1) is 12.7 Å². The van der Waals surface area contributed by atoms with Gasteiger partial charge in [0, 0.05) is 12.6 Å². The first kappa shape index (κ1) is 11.4. The van der Waals surface area contributed by atoms with Crippen LogP contribution in [-0.4, -0.2) is 21.5 Å². The smallest absolute Gasteiger partial charge is 0.213 e. The Morgan fingerprint density at radius 2 is 1.94 bits per heavy atom. The molecule has 2 aromatic heterocycles. The zero-order chi connectivity index (χ0) is 12.1. The first-order chi connectivity index (χ1) is 8.28. The third-order valence-electron chi connectivity index (χ3n) is 2.11. The second kappa shape index (κ2) is 5.29. The molecule has 2 heterocycles. The fourth-order valence-corrected chi connectivity index (χ4v) is 1.38. The average molecular weight is 233 g/mol. The molecule has 0 aliphatic carbocycles. The molecule has 0 atom stereocenters. The highest BCUT2D eigenvalue weighted by atomic mass is 16.4. The summed E-state index contributed by atoms with van der Waals surface area (Å²) in [4.78, 5) is 12.3. The number of aryl methyl sites for hydroxylation is 1. The number of aromatic nitrogens is 3. The predicted molar refractivity (Wildman–Crippen MR) is 64.8 cm³/mol. The Hall–Kier alpha value is -2.11. The number of hydrogen-bond donors (Lipinski definition) is 2. The van der Waals surface area contributed by atoms with Crippen molar-refractivity contribution in [2.45, 2.75) is 20.4 Å². The minimum Gasteiger partial charge on any atom is -0.444 e. The van der Waals surface area contributed by atoms with Crippen molar-refractivity contribution in [2.24, 2.45) is 0 Å². The van der Waals surface area contributed by atoms with E-state index in [4.69, 9.17) is 4.42 Å². The van der Waals surface area contributed by atoms with Crippen LogP contribution in [0.5, 0.6) is 0 Å². The van der Waals surface area contributed by atoms with Gasteiger partial charge >= 0.3 is 0 Å². The summed E-state index contributed by atoms with van der Waals surface area (Å²) in [5.74, 6) is 2.99. The summed E-state index contributed by atoms with van der Waals surface area (Å²) in [6, 6.07) is 1.85. The van der Waals surface area contributed by atoms with Crippen LogP contribution >= 0.6 is 0 Å². The molecule has 2 N–H and O–H groups in total. The van der Waals surface area contributed by atoms with E-state index in [1.165, 1.54) is 6.33 Å². The fourth-order valence-electron chi connectivity index (χ4n) is 1.38. The lowest BCUT2D eigenvalue weighted by Crippen LogP contribution is -2.04. The highest BCUT2D eigenvalue weighted by Gasteiger charge is 2.01. The quantitative estimate of drug-likeness (QED) is 0.820. The van der Waals surface area contributed by atoms with E-state index in [0.29, 0.717) is 12.4 Å². The van der Waals surface area contributed by atoms with Gasteiger partial charge in [-0.05, 0) is 13.8 Å². The van der Waals surface area contributed by atoms with E-state index in [1.54, 1.807) is 6.20 Å². The molecule has 0 saturated carbocycles. The van der Waals surface area contributed by atoms with Crippen LogP contribution in [0.4, 0.5) is 11.6 Å². The molecule has 0 aliphatic rings. The average Bonchev–Trinajstić information content (AvgIpc) is 2.74. The Morgan fingerprint density at radius 3 is 2.59 bits per heavy atom. The molecule has 0 amide bonds. The highest BCUT2D eigenvalue weighted by molar-refractivity contribution is 5.46. The Balaban J connectivity index is 1.96. The Labute approximate surface area is 99.5 Å². The van der Waals surface area contributed by atoms with Crippen LogP contribution in [0.2, 0.25) is 0 Å². The van der Waals surface area contributed by atoms with Crippen molar-refractivity contribution < 1.29 is 4.42 Å². The van der Waals surface area contributed by atoms with E-state index in [9.17, 15) is 0 Å². The number of rotatable bonds is 5. The number of oxazole rings is 1. The topological polar surface area (TPSA) is 75.9 Å². The molecule has 0 radical (unpaired) electrons. The summed E-state index contributed by atoms with van der Waals surface area (Å²) in [7, 11) is 0. The fraction of sp³-hybridized carbons (Fsp3) is 0.364. The van der Waals surface area contributed by atoms with Gasteiger partial charge < -0.3 is 15.1 Å². The molecule has 6 heteroatoms. The van der Waals surface area contributed by atoms with Gasteiger partial charge in [0.25, 0.3) is 0 Å². The van der Waals surface area contributed by atoms with Crippen LogP contribution < -0.4 is 10.6 Å². The van der Waals surface area contributed by atoms with Crippen LogP contribution in [-0.2, 0) is 6.54 Å². The molecule has 0 aromatic carbocycles. The summed E-state index contributed by atoms with van der Waals surface area (Å²) in [5.41, 5.74) is 0. The molecule has 0 unspecified atom stereocenters. The van der Waals surface area contributed by atoms with Crippen LogP contribution in [0.3, 0.4) is 0 Å². The molecule has 17 heavy (non-hydrogen) atoms. The Bertz CT molecular complexity index is 482. The maximum absolute atomic E-state index is 5.35. The highest BCUT2D eigenvalue weighted by Crippen LogP contribution is 2.10. The molecule has 0 aliphatic heterocycles. The minimum absolute atomic E-state index is 0.510. The Morgan fingerprint density at radius 1 is 1.18 bits per heavy atom. The predicted octanol–water partition coefficient (Wildman–Crippen LogP) is 1.82. The Kier molecular flexibility index (Phi) is 3.54. The van der Waals surface area contributed by atoms with Crippen molar-refractivity contribution in [2.75, 3.05) is 17.2 Å². The van der Waals surface area contributed by atoms with E-state index in [2.05, 4.69) is 25.6 Å². The van der Waals surface area contributed by atoms with Gasteiger partial charge in [0.15, 0.2) is 0 Å². The molecule has 0 saturated heterocycles. The van der Waals surface area contributed by atoms with E-state index in [-0.39, 0.29) is 0 Å². The van der Waals surface area contributed by atoms with Crippen molar-refractivity contribution in [1.29, 1.82) is 0 Å². The van der Waals surface area contributed by atoms with Crippen LogP contribution in [0.1, 0.15) is 18.6 Å². The molecule has 6 nitrogen and oxygen atoms in total. The van der Waals surface area contributed by atoms with E-state index < -0.39 is 0 Å². The number of hydrogen-bond acceptors (Lipinski definition) is 6. The van der Waals surface area contributed by atoms with E-state index in [1.807, 2.05) is 19.9 Å². The standard InChI is InChI=1S/C11H15N5O/c1-3-12-9-4-10(16-7-15-9)13-6-11-14-5-8(2)17-11/h4-5,7H,3,6H2,1-2H3,(H2,12,13,15,16). The van der Waals surface area contributed by atoms with E-state index >= 15 is 0 Å². The summed E-state index contributed by atoms with van der Waals surface area (Å²) in [6.45, 7) is 5.22. The van der Waals surface area contributed by atoms with Crippen molar-refractivity contribution in [1.82, 2.24) is 15.0 Å². The second-order valence-corrected chi connectivity index (χ2v) is 3.54. The van der Waals surface area contributed by atoms with Gasteiger partial charge in [0.1, 0.15) is 23.7 Å². The van der Waals surface area contributed by atoms with Gasteiger partial charge in [-0.25, -0.2) is 15.0 Å². The largest absolute Gasteiger partial charge is 0.444 e. The van der Waals surface area contributed by atoms with Gasteiger partial charge in [-0.15, -0.1) is 0 Å². The number of nitrogens with zero attached hydrogens (tertiary/aromatic N) is 3. The summed E-state index contributed by atoms with van der Waals surface area (Å²) in [5, 5.41) is 6.25. The summed E-state index contributed by atoms with van der Waals surface area (Å²) in [6.07, 6.45) is 3.21. The van der Waals surface area contributed by atoms with Gasteiger partial charge in [-0.2, -0.15) is 0 Å². The number of anilines is 2. The maximum Gasteiger partial charge on any atom is 0.213 e. The molecular formula is C11H15N5O. The monoisotopic (exact) mass is 233 g/mol. The second-order valence-electron chi connectivity index (χ2n) is 3.54. The molecule has 0 spiro atoms. The first-order valence-electron chi connectivity index (χ1n) is 5.49. The molecule has 2 rings (SSSR count). The summed E-state index contributed by atoms with van der Waals surface area (Å²) >= 11 is 0. The molecule has 2 aromatic rings. The first-order valence-corrected chi connectivity index (χ1v) is 5.49. The lowest BCUT2D eigenvalue weighted by molar-refractivity contribution is 0.479. The minimum atomic E-state index is 0.510. The van der Waals surface area contributed by atoms with Crippen LogP contribution in [0.15, 0.2) is 23.0 Å². The molecule has 90 valence electrons. The van der Waals surface area contributed by atoms with Crippen molar-refractivity contribution in [3.63, 3.8) is 0 Å². The van der Waals surface area contributed by atoms with Crippen molar-refractivity contribution in [3.8, 4) is 0 Å². The third-order valence-corrected chi connectivity index (χ3v) is 2.11. The van der Waals surface area contributed by atoms with Crippen molar-refractivity contribution in [3.05, 3.63) is 30.2 Å². The maximum atomic E-state index is 5.35. The van der Waals surface area contributed by atoms with Crippen LogP contribution in [0, 0.1) is 6.92 Å². The number of nitrogens with one attached hydrogen (secondary N) is 2. The lowest BCUT2D eigenvalue weighted by Gasteiger charge is -2.05. The zero-order valence-electron chi connectivity index (χ0n) is 9.90. The normalized spacial score (nSPS) is 10.2. The van der Waals surface area contributed by atoms with Gasteiger partial charge in [-0.1, -0.05) is 0 Å². The van der Waals surface area contributed by atoms with E-state index in [0.717, 1.165) is 23.9 Å². The van der Waals surface area contributed by atoms with Crippen LogP contribution in [0.25, 0.3) is 0 Å². The molecular weight excluding hydrogens is 218 g/mol. The van der Waals surface area contributed by atoms with Crippen molar-refractivity contribution >= 4 is 11.6 Å². The lowest BCUT2D eigenvalue weighted by atomic mass is 10.5.